The Hall–Kier alpha value is -2.28. The summed E-state index contributed by atoms with van der Waals surface area (Å²) >= 11 is 1.43. The Balaban J connectivity index is 2.31. The summed E-state index contributed by atoms with van der Waals surface area (Å²) in [5.41, 5.74) is 5.80. The average molecular weight is 291 g/mol. The highest BCUT2D eigenvalue weighted by molar-refractivity contribution is 7.99. The highest BCUT2D eigenvalue weighted by Crippen LogP contribution is 2.34. The van der Waals surface area contributed by atoms with Crippen LogP contribution in [0.5, 0.6) is 0 Å². The molecule has 0 saturated heterocycles. The molecule has 1 aromatic carbocycles. The number of hydrogen-bond donors (Lipinski definition) is 2. The van der Waals surface area contributed by atoms with E-state index in [0.717, 1.165) is 0 Å². The monoisotopic (exact) mass is 291 g/mol. The third-order valence-corrected chi connectivity index (χ3v) is 3.94. The van der Waals surface area contributed by atoms with Crippen molar-refractivity contribution in [3.8, 4) is 5.69 Å². The first-order valence-electron chi connectivity index (χ1n) is 5.80. The molecule has 0 unspecified atom stereocenters. The van der Waals surface area contributed by atoms with Gasteiger partial charge in [0.1, 0.15) is 16.4 Å². The maximum Gasteiger partial charge on any atom is 0.268 e. The molecule has 7 heteroatoms. The number of fused-ring (bicyclic) bond motifs is 1. The number of halogens is 1. The van der Waals surface area contributed by atoms with E-state index in [1.807, 2.05) is 0 Å². The second-order valence-electron chi connectivity index (χ2n) is 4.22. The van der Waals surface area contributed by atoms with E-state index in [0.29, 0.717) is 22.3 Å². The number of nitrogens with zero attached hydrogens (tertiary/aromatic N) is 1. The molecule has 1 aliphatic heterocycles. The number of nitrogens with two attached hydrogens (primary N) is 1. The van der Waals surface area contributed by atoms with Gasteiger partial charge in [0, 0.05) is 0 Å². The Bertz CT molecular complexity index is 755. The summed E-state index contributed by atoms with van der Waals surface area (Å²) in [6.45, 7) is 0. The summed E-state index contributed by atoms with van der Waals surface area (Å²) in [7, 11) is 0. The van der Waals surface area contributed by atoms with Gasteiger partial charge in [0.05, 0.1) is 17.3 Å². The second-order valence-corrected chi connectivity index (χ2v) is 5.19. The number of rotatable bonds is 2. The number of aromatic nitrogens is 1. The smallest absolute Gasteiger partial charge is 0.268 e. The molecule has 0 spiro atoms. The molecule has 20 heavy (non-hydrogen) atoms. The third kappa shape index (κ3) is 1.96. The molecule has 1 amide bonds. The molecular weight excluding hydrogens is 281 g/mol. The molecule has 5 nitrogen and oxygen atoms in total. The van der Waals surface area contributed by atoms with Crippen molar-refractivity contribution < 1.29 is 9.18 Å². The van der Waals surface area contributed by atoms with Gasteiger partial charge in [-0.2, -0.15) is 0 Å². The number of hydrogen-bond acceptors (Lipinski definition) is 4. The van der Waals surface area contributed by atoms with Gasteiger partial charge in [0.15, 0.2) is 0 Å². The van der Waals surface area contributed by atoms with E-state index in [4.69, 9.17) is 5.73 Å². The molecule has 0 aliphatic carbocycles. The van der Waals surface area contributed by atoms with Crippen LogP contribution in [0.4, 0.5) is 10.1 Å². The summed E-state index contributed by atoms with van der Waals surface area (Å²) in [6.07, 6.45) is 0. The van der Waals surface area contributed by atoms with Crippen molar-refractivity contribution in [3.63, 3.8) is 0 Å². The fourth-order valence-corrected chi connectivity index (χ4v) is 3.02. The molecule has 3 rings (SSSR count). The fourth-order valence-electron chi connectivity index (χ4n) is 2.05. The number of anilines is 1. The number of thioether (sulfide) groups is 1. The van der Waals surface area contributed by atoms with E-state index in [-0.39, 0.29) is 5.56 Å². The van der Waals surface area contributed by atoms with Crippen molar-refractivity contribution in [2.45, 2.75) is 5.03 Å². The Morgan fingerprint density at radius 3 is 2.70 bits per heavy atom. The predicted octanol–water partition coefficient (Wildman–Crippen LogP) is 1.55. The molecule has 0 radical (unpaired) electrons. The lowest BCUT2D eigenvalue weighted by Crippen LogP contribution is -2.29. The quantitative estimate of drug-likeness (QED) is 0.880. The van der Waals surface area contributed by atoms with Gasteiger partial charge >= 0.3 is 0 Å². The Morgan fingerprint density at radius 2 is 2.05 bits per heavy atom. The molecule has 0 saturated carbocycles. The molecule has 0 fully saturated rings. The number of amides is 1. The second kappa shape index (κ2) is 4.68. The van der Waals surface area contributed by atoms with Crippen LogP contribution >= 0.6 is 11.8 Å². The summed E-state index contributed by atoms with van der Waals surface area (Å²) in [4.78, 5) is 23.8. The summed E-state index contributed by atoms with van der Waals surface area (Å²) in [5.74, 6) is -0.583. The van der Waals surface area contributed by atoms with Crippen LogP contribution in [0.1, 0.15) is 10.4 Å². The molecular formula is C13H10FN3O2S. The minimum absolute atomic E-state index is 0.0944. The highest BCUT2D eigenvalue weighted by Gasteiger charge is 2.22. The fraction of sp³-hybridized carbons (Fsp3) is 0.0769. The summed E-state index contributed by atoms with van der Waals surface area (Å²) in [6, 6.07) is 6.96. The molecule has 0 bridgehead atoms. The van der Waals surface area contributed by atoms with Crippen molar-refractivity contribution in [2.24, 2.45) is 5.73 Å². The molecule has 1 aliphatic rings. The van der Waals surface area contributed by atoms with E-state index in [2.05, 4.69) is 5.32 Å². The highest BCUT2D eigenvalue weighted by atomic mass is 32.2. The number of primary amides is 1. The molecule has 1 aromatic heterocycles. The largest absolute Gasteiger partial charge is 0.373 e. The first-order chi connectivity index (χ1) is 9.58. The zero-order chi connectivity index (χ0) is 14.3. The summed E-state index contributed by atoms with van der Waals surface area (Å²) < 4.78 is 14.4. The third-order valence-electron chi connectivity index (χ3n) is 2.98. The van der Waals surface area contributed by atoms with Gasteiger partial charge in [-0.15, -0.1) is 0 Å². The first-order valence-corrected chi connectivity index (χ1v) is 6.79. The number of pyridine rings is 1. The number of carbonyl (C=O) groups is 1. The lowest BCUT2D eigenvalue weighted by Gasteiger charge is -2.12. The zero-order valence-corrected chi connectivity index (χ0v) is 11.0. The molecule has 0 atom stereocenters. The van der Waals surface area contributed by atoms with Crippen LogP contribution in [0.3, 0.4) is 0 Å². The Morgan fingerprint density at radius 1 is 1.35 bits per heavy atom. The van der Waals surface area contributed by atoms with Gasteiger partial charge in [-0.1, -0.05) is 11.8 Å². The summed E-state index contributed by atoms with van der Waals surface area (Å²) in [5, 5.41) is 3.75. The van der Waals surface area contributed by atoms with Crippen molar-refractivity contribution in [1.29, 1.82) is 0 Å². The SMILES string of the molecule is NC(=O)c1cc2c(n(-c3ccc(F)cc3)c1=O)SCN2. The van der Waals surface area contributed by atoms with Crippen LogP contribution in [0.25, 0.3) is 5.69 Å². The first kappa shape index (κ1) is 12.7. The molecule has 2 aromatic rings. The molecule has 2 heterocycles. The average Bonchev–Trinajstić information content (AvgIpc) is 2.87. The number of benzene rings is 1. The van der Waals surface area contributed by atoms with E-state index in [1.165, 1.54) is 46.7 Å². The van der Waals surface area contributed by atoms with E-state index in [9.17, 15) is 14.0 Å². The standard InChI is InChI=1S/C13H10FN3O2S/c14-7-1-3-8(4-2-7)17-12(19)9(11(15)18)5-10-13(17)20-6-16-10/h1-5,16H,6H2,(H2,15,18). The van der Waals surface area contributed by atoms with Crippen molar-refractivity contribution in [1.82, 2.24) is 4.57 Å². The van der Waals surface area contributed by atoms with Gasteiger partial charge in [-0.3, -0.25) is 14.2 Å². The van der Waals surface area contributed by atoms with E-state index >= 15 is 0 Å². The minimum atomic E-state index is -0.785. The van der Waals surface area contributed by atoms with Gasteiger partial charge in [-0.25, -0.2) is 4.39 Å². The van der Waals surface area contributed by atoms with E-state index in [1.54, 1.807) is 0 Å². The van der Waals surface area contributed by atoms with Crippen LogP contribution in [-0.2, 0) is 0 Å². The van der Waals surface area contributed by atoms with Gasteiger partial charge < -0.3 is 11.1 Å². The predicted molar refractivity (Wildman–Crippen MR) is 74.9 cm³/mol. The lowest BCUT2D eigenvalue weighted by atomic mass is 10.2. The van der Waals surface area contributed by atoms with Gasteiger partial charge in [-0.05, 0) is 30.3 Å². The number of carbonyl (C=O) groups excluding carboxylic acids is 1. The molecule has 3 N–H and O–H groups in total. The zero-order valence-electron chi connectivity index (χ0n) is 10.2. The van der Waals surface area contributed by atoms with Crippen LogP contribution < -0.4 is 16.6 Å². The number of nitrogens with one attached hydrogen (secondary N) is 1. The lowest BCUT2D eigenvalue weighted by molar-refractivity contribution is 0.0998. The van der Waals surface area contributed by atoms with Crippen molar-refractivity contribution >= 4 is 23.4 Å². The van der Waals surface area contributed by atoms with Crippen molar-refractivity contribution in [3.05, 3.63) is 52.1 Å². The Labute approximate surface area is 117 Å². The van der Waals surface area contributed by atoms with Crippen LogP contribution in [-0.4, -0.2) is 16.4 Å². The maximum atomic E-state index is 13.0. The van der Waals surface area contributed by atoms with E-state index < -0.39 is 17.3 Å². The Kier molecular flexibility index (Phi) is 2.98. The van der Waals surface area contributed by atoms with Crippen LogP contribution in [0.2, 0.25) is 0 Å². The maximum absolute atomic E-state index is 13.0. The topological polar surface area (TPSA) is 77.1 Å². The normalized spacial score (nSPS) is 12.8. The van der Waals surface area contributed by atoms with Gasteiger partial charge in [0.2, 0.25) is 0 Å². The van der Waals surface area contributed by atoms with Crippen LogP contribution in [0.15, 0.2) is 40.2 Å². The molecule has 102 valence electrons. The van der Waals surface area contributed by atoms with Crippen LogP contribution in [0, 0.1) is 5.82 Å². The minimum Gasteiger partial charge on any atom is -0.373 e. The van der Waals surface area contributed by atoms with Gasteiger partial charge in [0.25, 0.3) is 11.5 Å². The van der Waals surface area contributed by atoms with Crippen molar-refractivity contribution in [2.75, 3.05) is 11.2 Å².